The Morgan fingerprint density at radius 2 is 1.89 bits per heavy atom. The van der Waals surface area contributed by atoms with E-state index in [1.165, 1.54) is 18.2 Å². The number of aromatic hydroxyl groups is 1. The Kier molecular flexibility index (Phi) is 4.27. The van der Waals surface area contributed by atoms with Gasteiger partial charge in [-0.1, -0.05) is 24.4 Å². The second-order valence-electron chi connectivity index (χ2n) is 4.57. The fourth-order valence-electron chi connectivity index (χ4n) is 2.11. The number of benzene rings is 1. The minimum atomic E-state index is -0.801. The average molecular weight is 283 g/mol. The molecular formula is C13H15ClN2O3. The maximum Gasteiger partial charge on any atom is 0.313 e. The minimum Gasteiger partial charge on any atom is -0.506 e. The maximum atomic E-state index is 11.7. The monoisotopic (exact) mass is 282 g/mol. The molecule has 5 nitrogen and oxygen atoms in total. The van der Waals surface area contributed by atoms with Crippen molar-refractivity contribution in [1.82, 2.24) is 5.32 Å². The highest BCUT2D eigenvalue weighted by molar-refractivity contribution is 6.40. The molecule has 1 aliphatic carbocycles. The lowest BCUT2D eigenvalue weighted by Gasteiger charge is -2.12. The summed E-state index contributed by atoms with van der Waals surface area (Å²) in [6.07, 6.45) is 3.95. The number of carbonyl (C=O) groups is 2. The SMILES string of the molecule is O=C(Nc1cc(Cl)ccc1O)C(=O)NC1CCCC1. The van der Waals surface area contributed by atoms with E-state index in [4.69, 9.17) is 11.6 Å². The number of phenolic OH excluding ortho intramolecular Hbond substituents is 1. The standard InChI is InChI=1S/C13H15ClN2O3/c14-8-5-6-11(17)10(7-8)16-13(19)12(18)15-9-3-1-2-4-9/h5-7,9,17H,1-4H2,(H,15,18)(H,16,19). The van der Waals surface area contributed by atoms with Gasteiger partial charge in [0.1, 0.15) is 5.75 Å². The average Bonchev–Trinajstić information content (AvgIpc) is 2.86. The molecule has 1 saturated carbocycles. The van der Waals surface area contributed by atoms with Gasteiger partial charge in [0, 0.05) is 11.1 Å². The molecule has 3 N–H and O–H groups in total. The quantitative estimate of drug-likeness (QED) is 0.574. The molecule has 0 aromatic heterocycles. The molecule has 0 unspecified atom stereocenters. The third-order valence-electron chi connectivity index (χ3n) is 3.10. The summed E-state index contributed by atoms with van der Waals surface area (Å²) >= 11 is 5.75. The molecule has 2 rings (SSSR count). The molecule has 0 radical (unpaired) electrons. The largest absolute Gasteiger partial charge is 0.506 e. The molecule has 1 aromatic rings. The summed E-state index contributed by atoms with van der Waals surface area (Å²) < 4.78 is 0. The summed E-state index contributed by atoms with van der Waals surface area (Å²) in [4.78, 5) is 23.3. The predicted molar refractivity (Wildman–Crippen MR) is 72.1 cm³/mol. The fourth-order valence-corrected chi connectivity index (χ4v) is 2.28. The van der Waals surface area contributed by atoms with Crippen molar-refractivity contribution in [2.24, 2.45) is 0 Å². The van der Waals surface area contributed by atoms with Crippen molar-refractivity contribution in [2.75, 3.05) is 5.32 Å². The second kappa shape index (κ2) is 5.93. The molecule has 0 atom stereocenters. The Hall–Kier alpha value is -1.75. The van der Waals surface area contributed by atoms with Crippen LogP contribution in [0, 0.1) is 0 Å². The lowest BCUT2D eigenvalue weighted by molar-refractivity contribution is -0.136. The molecule has 19 heavy (non-hydrogen) atoms. The molecule has 2 amide bonds. The van der Waals surface area contributed by atoms with E-state index in [0.717, 1.165) is 25.7 Å². The van der Waals surface area contributed by atoms with E-state index in [0.29, 0.717) is 5.02 Å². The smallest absolute Gasteiger partial charge is 0.313 e. The molecule has 1 aliphatic rings. The Bertz CT molecular complexity index is 499. The van der Waals surface area contributed by atoms with Crippen molar-refractivity contribution in [3.8, 4) is 5.75 Å². The van der Waals surface area contributed by atoms with Crippen molar-refractivity contribution in [3.05, 3.63) is 23.2 Å². The van der Waals surface area contributed by atoms with Gasteiger partial charge < -0.3 is 15.7 Å². The first-order valence-corrected chi connectivity index (χ1v) is 6.54. The van der Waals surface area contributed by atoms with Gasteiger partial charge in [0.2, 0.25) is 0 Å². The van der Waals surface area contributed by atoms with E-state index in [2.05, 4.69) is 10.6 Å². The van der Waals surface area contributed by atoms with E-state index in [1.807, 2.05) is 0 Å². The van der Waals surface area contributed by atoms with E-state index < -0.39 is 11.8 Å². The van der Waals surface area contributed by atoms with Gasteiger partial charge in [-0.15, -0.1) is 0 Å². The van der Waals surface area contributed by atoms with Gasteiger partial charge in [-0.2, -0.15) is 0 Å². The van der Waals surface area contributed by atoms with Gasteiger partial charge in [-0.05, 0) is 31.0 Å². The molecule has 0 spiro atoms. The first kappa shape index (κ1) is 13.7. The van der Waals surface area contributed by atoms with Gasteiger partial charge >= 0.3 is 11.8 Å². The predicted octanol–water partition coefficient (Wildman–Crippen LogP) is 2.04. The number of halogens is 1. The molecular weight excluding hydrogens is 268 g/mol. The zero-order valence-corrected chi connectivity index (χ0v) is 11.0. The van der Waals surface area contributed by atoms with Crippen LogP contribution in [0.1, 0.15) is 25.7 Å². The van der Waals surface area contributed by atoms with Crippen LogP contribution in [0.2, 0.25) is 5.02 Å². The summed E-state index contributed by atoms with van der Waals surface area (Å²) in [5.41, 5.74) is 0.124. The van der Waals surface area contributed by atoms with E-state index >= 15 is 0 Å². The van der Waals surface area contributed by atoms with Crippen LogP contribution >= 0.6 is 11.6 Å². The topological polar surface area (TPSA) is 78.4 Å². The number of hydrogen-bond donors (Lipinski definition) is 3. The molecule has 1 fully saturated rings. The van der Waals surface area contributed by atoms with Crippen molar-refractivity contribution in [2.45, 2.75) is 31.7 Å². The molecule has 0 bridgehead atoms. The highest BCUT2D eigenvalue weighted by atomic mass is 35.5. The highest BCUT2D eigenvalue weighted by Crippen LogP contribution is 2.26. The summed E-state index contributed by atoms with van der Waals surface area (Å²) in [5, 5.41) is 14.9. The number of amides is 2. The third kappa shape index (κ3) is 3.61. The van der Waals surface area contributed by atoms with Crippen LogP contribution in [0.15, 0.2) is 18.2 Å². The summed E-state index contributed by atoms with van der Waals surface area (Å²) in [6, 6.07) is 4.31. The highest BCUT2D eigenvalue weighted by Gasteiger charge is 2.22. The van der Waals surface area contributed by atoms with Crippen LogP contribution in [-0.4, -0.2) is 23.0 Å². The van der Waals surface area contributed by atoms with Crippen molar-refractivity contribution < 1.29 is 14.7 Å². The van der Waals surface area contributed by atoms with Crippen LogP contribution < -0.4 is 10.6 Å². The Balaban J connectivity index is 1.96. The number of nitrogens with one attached hydrogen (secondary N) is 2. The number of hydrogen-bond acceptors (Lipinski definition) is 3. The van der Waals surface area contributed by atoms with Gasteiger partial charge in [0.15, 0.2) is 0 Å². The Labute approximate surface area is 116 Å². The molecule has 0 saturated heterocycles. The zero-order chi connectivity index (χ0) is 13.8. The zero-order valence-electron chi connectivity index (χ0n) is 10.3. The number of phenols is 1. The first-order valence-electron chi connectivity index (χ1n) is 6.16. The lowest BCUT2D eigenvalue weighted by atomic mass is 10.2. The van der Waals surface area contributed by atoms with Crippen molar-refractivity contribution in [1.29, 1.82) is 0 Å². The van der Waals surface area contributed by atoms with Gasteiger partial charge in [0.05, 0.1) is 5.69 Å². The maximum absolute atomic E-state index is 11.7. The van der Waals surface area contributed by atoms with Gasteiger partial charge in [0.25, 0.3) is 0 Å². The first-order chi connectivity index (χ1) is 9.06. The summed E-state index contributed by atoms with van der Waals surface area (Å²) in [5.74, 6) is -1.62. The van der Waals surface area contributed by atoms with Crippen LogP contribution in [0.3, 0.4) is 0 Å². The minimum absolute atomic E-state index is 0.0752. The lowest BCUT2D eigenvalue weighted by Crippen LogP contribution is -2.40. The second-order valence-corrected chi connectivity index (χ2v) is 5.01. The molecule has 102 valence electrons. The van der Waals surface area contributed by atoms with Crippen molar-refractivity contribution >= 4 is 29.1 Å². The van der Waals surface area contributed by atoms with Crippen LogP contribution in [0.4, 0.5) is 5.69 Å². The Morgan fingerprint density at radius 1 is 1.21 bits per heavy atom. The van der Waals surface area contributed by atoms with Gasteiger partial charge in [-0.25, -0.2) is 0 Å². The van der Waals surface area contributed by atoms with Crippen LogP contribution in [0.5, 0.6) is 5.75 Å². The normalized spacial score (nSPS) is 15.2. The van der Waals surface area contributed by atoms with E-state index in [1.54, 1.807) is 0 Å². The van der Waals surface area contributed by atoms with E-state index in [9.17, 15) is 14.7 Å². The summed E-state index contributed by atoms with van der Waals surface area (Å²) in [6.45, 7) is 0. The van der Waals surface area contributed by atoms with Crippen LogP contribution in [-0.2, 0) is 9.59 Å². The summed E-state index contributed by atoms with van der Waals surface area (Å²) in [7, 11) is 0. The molecule has 1 aromatic carbocycles. The van der Waals surface area contributed by atoms with Crippen molar-refractivity contribution in [3.63, 3.8) is 0 Å². The number of anilines is 1. The third-order valence-corrected chi connectivity index (χ3v) is 3.34. The number of carbonyl (C=O) groups excluding carboxylic acids is 2. The molecule has 0 aliphatic heterocycles. The van der Waals surface area contributed by atoms with E-state index in [-0.39, 0.29) is 17.5 Å². The number of rotatable bonds is 2. The Morgan fingerprint density at radius 3 is 2.58 bits per heavy atom. The fraction of sp³-hybridized carbons (Fsp3) is 0.385. The van der Waals surface area contributed by atoms with Gasteiger partial charge in [-0.3, -0.25) is 9.59 Å². The molecule has 6 heteroatoms. The molecule has 0 heterocycles. The van der Waals surface area contributed by atoms with Crippen LogP contribution in [0.25, 0.3) is 0 Å².